The topological polar surface area (TPSA) is 71.3 Å². The van der Waals surface area contributed by atoms with Crippen LogP contribution >= 0.6 is 27.5 Å². The molecule has 3 aromatic carbocycles. The van der Waals surface area contributed by atoms with Gasteiger partial charge >= 0.3 is 0 Å². The maximum Gasteiger partial charge on any atom is 0.266 e. The van der Waals surface area contributed by atoms with E-state index in [0.29, 0.717) is 34.4 Å². The number of amides is 1. The number of hydrogen-bond donors (Lipinski definition) is 1. The average Bonchev–Trinajstić information content (AvgIpc) is 2.78. The van der Waals surface area contributed by atoms with Gasteiger partial charge in [0.25, 0.3) is 5.91 Å². The first kappa shape index (κ1) is 22.4. The number of anilines is 1. The van der Waals surface area contributed by atoms with Crippen LogP contribution in [0.15, 0.2) is 76.8 Å². The molecule has 0 fully saturated rings. The molecule has 1 N–H and O–H groups in total. The minimum absolute atomic E-state index is 0.0798. The van der Waals surface area contributed by atoms with Gasteiger partial charge in [-0.05, 0) is 54.6 Å². The second kappa shape index (κ2) is 10.7. The van der Waals surface area contributed by atoms with E-state index in [4.69, 9.17) is 21.1 Å². The van der Waals surface area contributed by atoms with Gasteiger partial charge in [0.1, 0.15) is 29.7 Å². The van der Waals surface area contributed by atoms with Gasteiger partial charge in [-0.15, -0.1) is 0 Å². The number of benzene rings is 3. The van der Waals surface area contributed by atoms with Gasteiger partial charge in [0.05, 0.1) is 7.11 Å². The summed E-state index contributed by atoms with van der Waals surface area (Å²) < 4.78 is 12.0. The lowest BCUT2D eigenvalue weighted by Crippen LogP contribution is -2.13. The summed E-state index contributed by atoms with van der Waals surface area (Å²) in [5.41, 5.74) is 1.96. The number of carbonyl (C=O) groups excluding carboxylic acids is 1. The summed E-state index contributed by atoms with van der Waals surface area (Å²) in [5.74, 6) is 0.634. The fourth-order valence-electron chi connectivity index (χ4n) is 2.71. The molecule has 0 unspecified atom stereocenters. The molecule has 0 radical (unpaired) electrons. The SMILES string of the molecule is COc1ccc(NC(=O)/C(C#N)=C/c2cc(Cl)ccc2OCc2ccccc2Br)cc1. The Bertz CT molecular complexity index is 1150. The number of carbonyl (C=O) groups is 1. The molecule has 3 aromatic rings. The molecule has 5 nitrogen and oxygen atoms in total. The van der Waals surface area contributed by atoms with Crippen LogP contribution in [-0.2, 0) is 11.4 Å². The summed E-state index contributed by atoms with van der Waals surface area (Å²) in [5, 5.41) is 12.7. The van der Waals surface area contributed by atoms with E-state index in [1.165, 1.54) is 6.08 Å². The molecule has 0 saturated carbocycles. The van der Waals surface area contributed by atoms with E-state index in [2.05, 4.69) is 21.2 Å². The molecule has 0 atom stereocenters. The van der Waals surface area contributed by atoms with Gasteiger partial charge in [-0.1, -0.05) is 45.7 Å². The molecule has 7 heteroatoms. The molecular weight excluding hydrogens is 480 g/mol. The van der Waals surface area contributed by atoms with E-state index in [1.807, 2.05) is 30.3 Å². The largest absolute Gasteiger partial charge is 0.497 e. The quantitative estimate of drug-likeness (QED) is 0.310. The summed E-state index contributed by atoms with van der Waals surface area (Å²) in [4.78, 5) is 12.6. The highest BCUT2D eigenvalue weighted by atomic mass is 79.9. The van der Waals surface area contributed by atoms with Gasteiger partial charge in [-0.2, -0.15) is 5.26 Å². The third-order valence-electron chi connectivity index (χ3n) is 4.33. The lowest BCUT2D eigenvalue weighted by molar-refractivity contribution is -0.112. The lowest BCUT2D eigenvalue weighted by Gasteiger charge is -2.11. The van der Waals surface area contributed by atoms with Gasteiger partial charge in [0, 0.05) is 26.3 Å². The zero-order valence-electron chi connectivity index (χ0n) is 16.6. The highest BCUT2D eigenvalue weighted by Crippen LogP contribution is 2.27. The number of nitrogens with one attached hydrogen (secondary N) is 1. The van der Waals surface area contributed by atoms with Crippen molar-refractivity contribution >= 4 is 45.2 Å². The molecule has 0 aromatic heterocycles. The zero-order chi connectivity index (χ0) is 22.2. The Morgan fingerprint density at radius 3 is 2.58 bits per heavy atom. The second-order valence-corrected chi connectivity index (χ2v) is 7.71. The first-order chi connectivity index (χ1) is 15.0. The number of methoxy groups -OCH3 is 1. The van der Waals surface area contributed by atoms with Crippen LogP contribution in [0.5, 0.6) is 11.5 Å². The van der Waals surface area contributed by atoms with Crippen LogP contribution in [0.3, 0.4) is 0 Å². The monoisotopic (exact) mass is 496 g/mol. The number of ether oxygens (including phenoxy) is 2. The number of rotatable bonds is 7. The van der Waals surface area contributed by atoms with Crippen LogP contribution in [0, 0.1) is 11.3 Å². The summed E-state index contributed by atoms with van der Waals surface area (Å²) in [6.45, 7) is 0.309. The van der Waals surface area contributed by atoms with E-state index in [1.54, 1.807) is 49.6 Å². The predicted octanol–water partition coefficient (Wildman–Crippen LogP) is 6.24. The smallest absolute Gasteiger partial charge is 0.266 e. The molecule has 0 aliphatic carbocycles. The van der Waals surface area contributed by atoms with Crippen molar-refractivity contribution in [1.82, 2.24) is 0 Å². The molecule has 31 heavy (non-hydrogen) atoms. The Hall–Kier alpha value is -3.27. The van der Waals surface area contributed by atoms with Crippen LogP contribution in [-0.4, -0.2) is 13.0 Å². The van der Waals surface area contributed by atoms with Gasteiger partial charge in [-0.25, -0.2) is 0 Å². The molecule has 3 rings (SSSR count). The molecule has 0 saturated heterocycles. The maximum atomic E-state index is 12.6. The minimum Gasteiger partial charge on any atom is -0.497 e. The third-order valence-corrected chi connectivity index (χ3v) is 5.33. The van der Waals surface area contributed by atoms with Gasteiger partial charge < -0.3 is 14.8 Å². The minimum atomic E-state index is -0.538. The Kier molecular flexibility index (Phi) is 7.71. The summed E-state index contributed by atoms with van der Waals surface area (Å²) in [7, 11) is 1.56. The highest BCUT2D eigenvalue weighted by molar-refractivity contribution is 9.10. The third kappa shape index (κ3) is 6.11. The van der Waals surface area contributed by atoms with Crippen LogP contribution in [0.1, 0.15) is 11.1 Å². The fraction of sp³-hybridized carbons (Fsp3) is 0.0833. The molecule has 0 bridgehead atoms. The van der Waals surface area contributed by atoms with Crippen molar-refractivity contribution in [2.24, 2.45) is 0 Å². The Morgan fingerprint density at radius 1 is 1.16 bits per heavy atom. The Labute approximate surface area is 194 Å². The standard InChI is InChI=1S/C24H18BrClN2O3/c1-30-21-9-7-20(8-10-21)28-24(29)18(14-27)12-17-13-19(26)6-11-23(17)31-15-16-4-2-3-5-22(16)25/h2-13H,15H2,1H3,(H,28,29)/b18-12+. The normalized spacial score (nSPS) is 10.8. The summed E-state index contributed by atoms with van der Waals surface area (Å²) >= 11 is 9.63. The van der Waals surface area contributed by atoms with Crippen molar-refractivity contribution in [3.05, 3.63) is 92.9 Å². The number of halogens is 2. The van der Waals surface area contributed by atoms with E-state index in [-0.39, 0.29) is 5.57 Å². The van der Waals surface area contributed by atoms with Crippen molar-refractivity contribution in [1.29, 1.82) is 5.26 Å². The number of nitrogens with zero attached hydrogens (tertiary/aromatic N) is 1. The van der Waals surface area contributed by atoms with E-state index < -0.39 is 5.91 Å². The van der Waals surface area contributed by atoms with Crippen LogP contribution < -0.4 is 14.8 Å². The summed E-state index contributed by atoms with van der Waals surface area (Å²) in [6, 6.07) is 21.5. The molecule has 0 aliphatic rings. The summed E-state index contributed by atoms with van der Waals surface area (Å²) in [6.07, 6.45) is 1.46. The van der Waals surface area contributed by atoms with Crippen molar-refractivity contribution in [3.63, 3.8) is 0 Å². The van der Waals surface area contributed by atoms with Gasteiger partial charge in [0.2, 0.25) is 0 Å². The Balaban J connectivity index is 1.82. The van der Waals surface area contributed by atoms with E-state index >= 15 is 0 Å². The van der Waals surface area contributed by atoms with Crippen molar-refractivity contribution in [2.75, 3.05) is 12.4 Å². The average molecular weight is 498 g/mol. The first-order valence-corrected chi connectivity index (χ1v) is 10.4. The van der Waals surface area contributed by atoms with Crippen LogP contribution in [0.4, 0.5) is 5.69 Å². The van der Waals surface area contributed by atoms with Crippen LogP contribution in [0.2, 0.25) is 5.02 Å². The molecular formula is C24H18BrClN2O3. The molecule has 0 spiro atoms. The first-order valence-electron chi connectivity index (χ1n) is 9.23. The van der Waals surface area contributed by atoms with Crippen molar-refractivity contribution in [2.45, 2.75) is 6.61 Å². The Morgan fingerprint density at radius 2 is 1.90 bits per heavy atom. The fourth-order valence-corrected chi connectivity index (χ4v) is 3.29. The van der Waals surface area contributed by atoms with Crippen molar-refractivity contribution in [3.8, 4) is 17.6 Å². The van der Waals surface area contributed by atoms with Gasteiger partial charge in [0.15, 0.2) is 0 Å². The second-order valence-electron chi connectivity index (χ2n) is 6.41. The van der Waals surface area contributed by atoms with Crippen LogP contribution in [0.25, 0.3) is 6.08 Å². The number of nitriles is 1. The zero-order valence-corrected chi connectivity index (χ0v) is 18.9. The van der Waals surface area contributed by atoms with Gasteiger partial charge in [-0.3, -0.25) is 4.79 Å². The number of hydrogen-bond acceptors (Lipinski definition) is 4. The predicted molar refractivity (Wildman–Crippen MR) is 125 cm³/mol. The lowest BCUT2D eigenvalue weighted by atomic mass is 10.1. The molecule has 156 valence electrons. The maximum absolute atomic E-state index is 12.6. The molecule has 0 heterocycles. The highest BCUT2D eigenvalue weighted by Gasteiger charge is 2.13. The van der Waals surface area contributed by atoms with E-state index in [0.717, 1.165) is 10.0 Å². The molecule has 0 aliphatic heterocycles. The molecule has 1 amide bonds. The van der Waals surface area contributed by atoms with Crippen molar-refractivity contribution < 1.29 is 14.3 Å². The van der Waals surface area contributed by atoms with E-state index in [9.17, 15) is 10.1 Å².